The molecule has 1 heterocycles. The average Bonchev–Trinajstić information content (AvgIpc) is 1.82. The van der Waals surface area contributed by atoms with Gasteiger partial charge in [0.05, 0.1) is 0 Å². The molecule has 7 heteroatoms. The second-order valence-corrected chi connectivity index (χ2v) is 2.99. The van der Waals surface area contributed by atoms with Crippen molar-refractivity contribution >= 4 is 48.4 Å². The SMILES string of the molecule is S=c1[nH]c(=S)n(Cl)c(=S)[nH]1. The largest absolute Gasteiger partial charge is 0.308 e. The molecule has 1 rings (SSSR count). The van der Waals surface area contributed by atoms with E-state index in [0.29, 0.717) is 14.3 Å². The molecule has 0 amide bonds. The zero-order chi connectivity index (χ0) is 7.72. The third kappa shape index (κ3) is 1.51. The number of aromatic amines is 2. The Labute approximate surface area is 76.8 Å². The maximum atomic E-state index is 5.55. The zero-order valence-corrected chi connectivity index (χ0v) is 7.76. The minimum Gasteiger partial charge on any atom is -0.308 e. The lowest BCUT2D eigenvalue weighted by atomic mass is 11.1. The molecule has 54 valence electrons. The van der Waals surface area contributed by atoms with Crippen molar-refractivity contribution in [1.29, 1.82) is 0 Å². The highest BCUT2D eigenvalue weighted by molar-refractivity contribution is 7.72. The van der Waals surface area contributed by atoms with Crippen LogP contribution in [0.2, 0.25) is 0 Å². The standard InChI is InChI=1S/C3H2ClN3S3/c4-7-2(9)5-1(8)6-3(7)10/h(H2,5,6,8,9,10). The molecule has 1 aromatic heterocycles. The minimum atomic E-state index is 0.301. The summed E-state index contributed by atoms with van der Waals surface area (Å²) in [6, 6.07) is 0. The molecule has 0 radical (unpaired) electrons. The summed E-state index contributed by atoms with van der Waals surface area (Å²) in [5, 5.41) is 0. The summed E-state index contributed by atoms with van der Waals surface area (Å²) in [6.45, 7) is 0. The van der Waals surface area contributed by atoms with Crippen LogP contribution in [0.3, 0.4) is 0 Å². The van der Waals surface area contributed by atoms with Crippen molar-refractivity contribution in [2.75, 3.05) is 0 Å². The predicted molar refractivity (Wildman–Crippen MR) is 46.9 cm³/mol. The van der Waals surface area contributed by atoms with Crippen LogP contribution < -0.4 is 0 Å². The monoisotopic (exact) mass is 211 g/mol. The fourth-order valence-electron chi connectivity index (χ4n) is 0.416. The van der Waals surface area contributed by atoms with Crippen molar-refractivity contribution in [3.05, 3.63) is 14.3 Å². The third-order valence-electron chi connectivity index (χ3n) is 0.798. The van der Waals surface area contributed by atoms with Gasteiger partial charge in [-0.2, -0.15) is 0 Å². The fourth-order valence-corrected chi connectivity index (χ4v) is 1.27. The van der Waals surface area contributed by atoms with Crippen LogP contribution in [0.25, 0.3) is 0 Å². The average molecular weight is 212 g/mol. The van der Waals surface area contributed by atoms with Gasteiger partial charge in [-0.05, 0) is 36.7 Å². The first kappa shape index (κ1) is 8.06. The first-order chi connectivity index (χ1) is 4.61. The van der Waals surface area contributed by atoms with Crippen LogP contribution in [-0.2, 0) is 0 Å². The van der Waals surface area contributed by atoms with E-state index in [1.54, 1.807) is 0 Å². The van der Waals surface area contributed by atoms with Gasteiger partial charge in [0.25, 0.3) is 0 Å². The summed E-state index contributed by atoms with van der Waals surface area (Å²) < 4.78 is 2.10. The summed E-state index contributed by atoms with van der Waals surface area (Å²) in [5.41, 5.74) is 0. The van der Waals surface area contributed by atoms with Crippen LogP contribution in [0, 0.1) is 14.3 Å². The molecule has 10 heavy (non-hydrogen) atoms. The van der Waals surface area contributed by atoms with E-state index in [9.17, 15) is 0 Å². The molecule has 0 atom stereocenters. The molecular weight excluding hydrogens is 210 g/mol. The van der Waals surface area contributed by atoms with E-state index < -0.39 is 0 Å². The Morgan fingerprint density at radius 1 is 1.10 bits per heavy atom. The van der Waals surface area contributed by atoms with Gasteiger partial charge in [-0.3, -0.25) is 0 Å². The second-order valence-electron chi connectivity index (χ2n) is 1.47. The molecule has 0 unspecified atom stereocenters. The first-order valence-corrected chi connectivity index (χ1v) is 3.79. The molecule has 2 N–H and O–H groups in total. The topological polar surface area (TPSA) is 36.5 Å². The van der Waals surface area contributed by atoms with Gasteiger partial charge in [-0.15, -0.1) is 0 Å². The van der Waals surface area contributed by atoms with E-state index >= 15 is 0 Å². The smallest absolute Gasteiger partial charge is 0.196 e. The number of H-pyrrole nitrogens is 2. The molecule has 0 saturated carbocycles. The molecule has 0 aromatic carbocycles. The van der Waals surface area contributed by atoms with Gasteiger partial charge in [-0.25, -0.2) is 4.09 Å². The zero-order valence-electron chi connectivity index (χ0n) is 4.55. The quantitative estimate of drug-likeness (QED) is 0.647. The summed E-state index contributed by atoms with van der Waals surface area (Å²) in [5.74, 6) is 0. The van der Waals surface area contributed by atoms with E-state index in [0.717, 1.165) is 4.09 Å². The normalized spacial score (nSPS) is 9.70. The summed E-state index contributed by atoms with van der Waals surface area (Å²) in [6.07, 6.45) is 0. The molecular formula is C3H2ClN3S3. The lowest BCUT2D eigenvalue weighted by molar-refractivity contribution is 0.932. The van der Waals surface area contributed by atoms with E-state index in [4.69, 9.17) is 48.4 Å². The Bertz CT molecular complexity index is 364. The summed E-state index contributed by atoms with van der Waals surface area (Å²) in [4.78, 5) is 5.24. The van der Waals surface area contributed by atoms with Gasteiger partial charge < -0.3 is 9.97 Å². The van der Waals surface area contributed by atoms with Gasteiger partial charge in [0.15, 0.2) is 14.3 Å². The van der Waals surface area contributed by atoms with Crippen LogP contribution in [0.4, 0.5) is 0 Å². The van der Waals surface area contributed by atoms with Crippen LogP contribution in [0.1, 0.15) is 0 Å². The number of nitrogens with one attached hydrogen (secondary N) is 2. The minimum absolute atomic E-state index is 0.301. The van der Waals surface area contributed by atoms with Crippen LogP contribution >= 0.6 is 48.4 Å². The van der Waals surface area contributed by atoms with Crippen molar-refractivity contribution in [3.63, 3.8) is 0 Å². The maximum absolute atomic E-state index is 5.55. The molecule has 0 fully saturated rings. The van der Waals surface area contributed by atoms with Gasteiger partial charge in [0.1, 0.15) is 0 Å². The van der Waals surface area contributed by atoms with Crippen LogP contribution in [0.15, 0.2) is 0 Å². The summed E-state index contributed by atoms with van der Waals surface area (Å²) in [7, 11) is 0. The molecule has 0 aliphatic carbocycles. The van der Waals surface area contributed by atoms with Gasteiger partial charge in [0.2, 0.25) is 0 Å². The Morgan fingerprint density at radius 3 is 1.90 bits per heavy atom. The van der Waals surface area contributed by atoms with Gasteiger partial charge in [0, 0.05) is 11.8 Å². The van der Waals surface area contributed by atoms with Gasteiger partial charge >= 0.3 is 0 Å². The van der Waals surface area contributed by atoms with Crippen molar-refractivity contribution in [2.45, 2.75) is 0 Å². The second kappa shape index (κ2) is 2.91. The molecule has 0 spiro atoms. The predicted octanol–water partition coefficient (Wildman–Crippen LogP) is 2.33. The number of rotatable bonds is 0. The Hall–Kier alpha value is -0.0400. The van der Waals surface area contributed by atoms with Gasteiger partial charge in [-0.1, -0.05) is 0 Å². The van der Waals surface area contributed by atoms with E-state index in [-0.39, 0.29) is 0 Å². The highest BCUT2D eigenvalue weighted by Gasteiger charge is 1.87. The lowest BCUT2D eigenvalue weighted by Crippen LogP contribution is -1.94. The van der Waals surface area contributed by atoms with Crippen molar-refractivity contribution in [3.8, 4) is 0 Å². The maximum Gasteiger partial charge on any atom is 0.196 e. The Morgan fingerprint density at radius 2 is 1.50 bits per heavy atom. The molecule has 0 bridgehead atoms. The molecule has 1 aromatic rings. The van der Waals surface area contributed by atoms with E-state index in [1.165, 1.54) is 0 Å². The van der Waals surface area contributed by atoms with Crippen molar-refractivity contribution in [1.82, 2.24) is 14.1 Å². The molecule has 0 saturated heterocycles. The number of aromatic nitrogens is 3. The van der Waals surface area contributed by atoms with E-state index in [1.807, 2.05) is 0 Å². The van der Waals surface area contributed by atoms with E-state index in [2.05, 4.69) is 9.97 Å². The third-order valence-corrected chi connectivity index (χ3v) is 2.11. The molecule has 0 aliphatic heterocycles. The van der Waals surface area contributed by atoms with Crippen molar-refractivity contribution < 1.29 is 0 Å². The highest BCUT2D eigenvalue weighted by Crippen LogP contribution is 1.92. The summed E-state index contributed by atoms with van der Waals surface area (Å²) >= 11 is 19.8. The van der Waals surface area contributed by atoms with Crippen molar-refractivity contribution in [2.24, 2.45) is 0 Å². The van der Waals surface area contributed by atoms with Crippen LogP contribution in [0.5, 0.6) is 0 Å². The fraction of sp³-hybridized carbons (Fsp3) is 0. The first-order valence-electron chi connectivity index (χ1n) is 2.23. The lowest BCUT2D eigenvalue weighted by Gasteiger charge is -1.92. The number of nitrogens with zero attached hydrogens (tertiary/aromatic N) is 1. The van der Waals surface area contributed by atoms with Crippen LogP contribution in [-0.4, -0.2) is 14.1 Å². The Kier molecular flexibility index (Phi) is 2.35. The Balaban J connectivity index is 3.80. The number of halogens is 1. The molecule has 3 nitrogen and oxygen atoms in total. The highest BCUT2D eigenvalue weighted by atomic mass is 35.5. The number of hydrogen-bond donors (Lipinski definition) is 2. The molecule has 0 aliphatic rings. The number of hydrogen-bond acceptors (Lipinski definition) is 3.